The number of carbonyl (C=O) groups excluding carboxylic acids is 5. The lowest BCUT2D eigenvalue weighted by atomic mass is 9.91. The fourth-order valence-corrected chi connectivity index (χ4v) is 9.93. The van der Waals surface area contributed by atoms with Crippen molar-refractivity contribution < 1.29 is 59.0 Å². The largest absolute Gasteiger partial charge is 0.508 e. The van der Waals surface area contributed by atoms with Gasteiger partial charge in [-0.15, -0.1) is 0 Å². The fourth-order valence-electron chi connectivity index (χ4n) is 7.63. The Morgan fingerprint density at radius 3 is 2.25 bits per heavy atom. The molecule has 9 atom stereocenters. The summed E-state index contributed by atoms with van der Waals surface area (Å²) >= 11 is 2.74. The van der Waals surface area contributed by atoms with Crippen LogP contribution in [0.25, 0.3) is 0 Å². The van der Waals surface area contributed by atoms with Crippen LogP contribution in [0.3, 0.4) is 0 Å². The average Bonchev–Trinajstić information content (AvgIpc) is 3.57. The van der Waals surface area contributed by atoms with Crippen molar-refractivity contribution in [3.05, 3.63) is 64.2 Å². The molecule has 1 aliphatic carbocycles. The molecule has 2 aromatic carbocycles. The second-order valence-electron chi connectivity index (χ2n) is 16.1. The van der Waals surface area contributed by atoms with E-state index in [0.29, 0.717) is 11.5 Å². The van der Waals surface area contributed by atoms with E-state index in [9.17, 15) is 49.5 Å². The third-order valence-corrected chi connectivity index (χ3v) is 13.8. The first-order chi connectivity index (χ1) is 28.3. The summed E-state index contributed by atoms with van der Waals surface area (Å²) in [6, 6.07) is 5.46. The number of aryl methyl sites for hydroxylation is 2. The number of amides is 5. The van der Waals surface area contributed by atoms with Crippen LogP contribution in [0.5, 0.6) is 5.75 Å². The monoisotopic (exact) mass is 876 g/mol. The molecular weight excluding hydrogens is 821 g/mol. The molecule has 2 heterocycles. The van der Waals surface area contributed by atoms with E-state index >= 15 is 0 Å². The van der Waals surface area contributed by atoms with Gasteiger partial charge in [-0.05, 0) is 74.1 Å². The standard InChI is InChI=1S/C40H56N6O12S2/c1-19-11-23(48)12-20(2)24(19)13-25(41)34(53)44-27-18-59-9-10-60-39(3,4)32(45-38(56)40(46-35(27)54)14-21-7-5-6-8-22(21)15-40)36(55)43-26(33(42)52)17-57-37-31(51)30(50)29(49)28(16-47)58-37/h5-8,11-12,25-32,37,47-51H,9-10,13-18,41H2,1-4H3,(H2,42,52)(H,43,55)(H,44,53)(H,45,56)(H,46,54)/t25-,26-,27+,28?,29+,30?,31?,32-,37+/m0/s1. The van der Waals surface area contributed by atoms with E-state index in [-0.39, 0.29) is 30.8 Å². The van der Waals surface area contributed by atoms with Gasteiger partial charge >= 0.3 is 0 Å². The van der Waals surface area contributed by atoms with E-state index < -0.39 is 108 Å². The Balaban J connectivity index is 1.37. The third kappa shape index (κ3) is 10.9. The van der Waals surface area contributed by atoms with Gasteiger partial charge in [0.2, 0.25) is 29.5 Å². The van der Waals surface area contributed by atoms with Crippen LogP contribution in [0, 0.1) is 13.8 Å². The molecule has 2 fully saturated rings. The molecule has 13 N–H and O–H groups in total. The van der Waals surface area contributed by atoms with Crippen molar-refractivity contribution in [2.75, 3.05) is 30.5 Å². The number of carbonyl (C=O) groups is 5. The van der Waals surface area contributed by atoms with E-state index in [2.05, 4.69) is 21.3 Å². The number of benzene rings is 2. The normalized spacial score (nSPS) is 27.8. The van der Waals surface area contributed by atoms with Gasteiger partial charge in [0.1, 0.15) is 53.8 Å². The molecule has 2 saturated heterocycles. The van der Waals surface area contributed by atoms with Crippen molar-refractivity contribution in [3.8, 4) is 5.75 Å². The van der Waals surface area contributed by atoms with E-state index in [1.54, 1.807) is 26.0 Å². The second-order valence-corrected chi connectivity index (χ2v) is 18.9. The number of nitrogens with two attached hydrogens (primary N) is 2. The molecule has 0 radical (unpaired) electrons. The molecule has 330 valence electrons. The summed E-state index contributed by atoms with van der Waals surface area (Å²) in [6.07, 6.45) is -7.80. The number of primary amides is 1. The highest BCUT2D eigenvalue weighted by Gasteiger charge is 2.50. The smallest absolute Gasteiger partial charge is 0.247 e. The van der Waals surface area contributed by atoms with Gasteiger partial charge in [-0.2, -0.15) is 23.5 Å². The maximum Gasteiger partial charge on any atom is 0.247 e. The molecule has 3 aliphatic rings. The van der Waals surface area contributed by atoms with Crippen molar-refractivity contribution >= 4 is 53.1 Å². The lowest BCUT2D eigenvalue weighted by Gasteiger charge is -2.40. The second kappa shape index (κ2) is 19.8. The van der Waals surface area contributed by atoms with Crippen LogP contribution in [0.4, 0.5) is 0 Å². The molecule has 3 unspecified atom stereocenters. The van der Waals surface area contributed by atoms with Crippen molar-refractivity contribution in [2.45, 2.75) is 112 Å². The van der Waals surface area contributed by atoms with Gasteiger partial charge < -0.3 is 67.7 Å². The van der Waals surface area contributed by atoms with E-state index in [1.165, 1.54) is 23.5 Å². The number of phenols is 1. The summed E-state index contributed by atoms with van der Waals surface area (Å²) in [6.45, 7) is 5.73. The topological polar surface area (TPSA) is 305 Å². The number of nitrogens with one attached hydrogen (secondary N) is 4. The van der Waals surface area contributed by atoms with Gasteiger partial charge in [-0.3, -0.25) is 24.0 Å². The van der Waals surface area contributed by atoms with Crippen LogP contribution in [-0.4, -0.2) is 151 Å². The lowest BCUT2D eigenvalue weighted by Crippen LogP contribution is -2.68. The summed E-state index contributed by atoms with van der Waals surface area (Å²) in [5.41, 5.74) is 14.3. The van der Waals surface area contributed by atoms with Crippen LogP contribution in [0.15, 0.2) is 36.4 Å². The summed E-state index contributed by atoms with van der Waals surface area (Å²) < 4.78 is 9.84. The van der Waals surface area contributed by atoms with Crippen LogP contribution in [0.2, 0.25) is 0 Å². The molecule has 20 heteroatoms. The van der Waals surface area contributed by atoms with Gasteiger partial charge in [-0.1, -0.05) is 24.3 Å². The Kier molecular flexibility index (Phi) is 15.5. The molecule has 2 aliphatic heterocycles. The first-order valence-electron chi connectivity index (χ1n) is 19.5. The van der Waals surface area contributed by atoms with Crippen molar-refractivity contribution in [1.82, 2.24) is 21.3 Å². The molecule has 0 aromatic heterocycles. The van der Waals surface area contributed by atoms with Gasteiger partial charge in [-0.25, -0.2) is 0 Å². The Hall–Kier alpha value is -3.99. The molecule has 0 saturated carbocycles. The molecule has 1 spiro atoms. The minimum absolute atomic E-state index is 0.0617. The number of ether oxygens (including phenoxy) is 2. The molecule has 5 rings (SSSR count). The van der Waals surface area contributed by atoms with Crippen molar-refractivity contribution in [3.63, 3.8) is 0 Å². The highest BCUT2D eigenvalue weighted by Crippen LogP contribution is 2.34. The quantitative estimate of drug-likeness (QED) is 0.112. The van der Waals surface area contributed by atoms with Crippen LogP contribution in [-0.2, 0) is 52.7 Å². The Morgan fingerprint density at radius 2 is 1.65 bits per heavy atom. The SMILES string of the molecule is Cc1cc(O)cc(C)c1C[C@H](N)C(=O)N[C@@H]1CSCCSC(C)(C)[C@H](C(=O)N[C@@H](CO[C@@H]2OC(CO)[C@@H](O)C(O)C2O)C(N)=O)NC(=O)C2(Cc3ccccc3C2)NC1=O. The number of phenolic OH excluding ortho intramolecular Hbond substituents is 1. The maximum absolute atomic E-state index is 14.7. The van der Waals surface area contributed by atoms with E-state index in [0.717, 1.165) is 27.8 Å². The predicted molar refractivity (Wildman–Crippen MR) is 223 cm³/mol. The van der Waals surface area contributed by atoms with E-state index in [1.807, 2.05) is 38.1 Å². The van der Waals surface area contributed by atoms with Gasteiger partial charge in [0.25, 0.3) is 0 Å². The van der Waals surface area contributed by atoms with Crippen LogP contribution < -0.4 is 32.7 Å². The highest BCUT2D eigenvalue weighted by molar-refractivity contribution is 8.03. The number of aliphatic hydroxyl groups is 4. The number of aromatic hydroxyl groups is 1. The Morgan fingerprint density at radius 1 is 1.02 bits per heavy atom. The molecular formula is C40H56N6O12S2. The molecule has 0 bridgehead atoms. The number of thioether (sulfide) groups is 2. The predicted octanol–water partition coefficient (Wildman–Crippen LogP) is -2.45. The number of aliphatic hydroxyl groups excluding tert-OH is 4. The number of fused-ring (bicyclic) bond motifs is 1. The summed E-state index contributed by atoms with van der Waals surface area (Å²) in [7, 11) is 0. The fraction of sp³-hybridized carbons (Fsp3) is 0.575. The molecule has 5 amide bonds. The maximum atomic E-state index is 14.7. The number of rotatable bonds is 11. The molecule has 60 heavy (non-hydrogen) atoms. The van der Waals surface area contributed by atoms with Crippen molar-refractivity contribution in [2.24, 2.45) is 11.5 Å². The zero-order valence-electron chi connectivity index (χ0n) is 33.9. The summed E-state index contributed by atoms with van der Waals surface area (Å²) in [5.74, 6) is -2.61. The Bertz CT molecular complexity index is 1870. The number of hydrogen-bond donors (Lipinski definition) is 11. The van der Waals surface area contributed by atoms with Gasteiger partial charge in [0, 0.05) is 34.8 Å². The highest BCUT2D eigenvalue weighted by atomic mass is 32.2. The van der Waals surface area contributed by atoms with Crippen LogP contribution in [0.1, 0.15) is 41.7 Å². The summed E-state index contributed by atoms with van der Waals surface area (Å²) in [5, 5.41) is 61.3. The number of hydrogen-bond acceptors (Lipinski definition) is 15. The first-order valence-corrected chi connectivity index (χ1v) is 21.7. The lowest BCUT2D eigenvalue weighted by molar-refractivity contribution is -0.301. The zero-order valence-corrected chi connectivity index (χ0v) is 35.5. The summed E-state index contributed by atoms with van der Waals surface area (Å²) in [4.78, 5) is 69.5. The molecule has 2 aromatic rings. The zero-order chi connectivity index (χ0) is 44.1. The van der Waals surface area contributed by atoms with E-state index in [4.69, 9.17) is 20.9 Å². The van der Waals surface area contributed by atoms with Gasteiger partial charge in [0.15, 0.2) is 6.29 Å². The van der Waals surface area contributed by atoms with Crippen molar-refractivity contribution in [1.29, 1.82) is 0 Å². The van der Waals surface area contributed by atoms with Gasteiger partial charge in [0.05, 0.1) is 19.3 Å². The van der Waals surface area contributed by atoms with Crippen LogP contribution >= 0.6 is 23.5 Å². The minimum Gasteiger partial charge on any atom is -0.508 e. The average molecular weight is 877 g/mol. The Labute approximate surface area is 356 Å². The molecule has 18 nitrogen and oxygen atoms in total. The first kappa shape index (κ1) is 47.1. The minimum atomic E-state index is -1.78. The third-order valence-electron chi connectivity index (χ3n) is 11.1.